The summed E-state index contributed by atoms with van der Waals surface area (Å²) in [5, 5.41) is 3.61. The van der Waals surface area contributed by atoms with Gasteiger partial charge in [-0.15, -0.1) is 0 Å². The monoisotopic (exact) mass is 263 g/mol. The van der Waals surface area contributed by atoms with Gasteiger partial charge in [-0.05, 0) is 38.9 Å². The third kappa shape index (κ3) is 2.42. The van der Waals surface area contributed by atoms with Crippen molar-refractivity contribution >= 4 is 11.6 Å². The number of imidazole rings is 1. The van der Waals surface area contributed by atoms with Crippen LogP contribution in [-0.2, 0) is 6.54 Å². The number of benzene rings is 1. The maximum Gasteiger partial charge on any atom is 0.152 e. The topological polar surface area (TPSA) is 40.7 Å². The molecule has 0 saturated carbocycles. The minimum absolute atomic E-state index is 0.540. The number of aromatic amines is 1. The van der Waals surface area contributed by atoms with Gasteiger partial charge in [0, 0.05) is 12.1 Å². The summed E-state index contributed by atoms with van der Waals surface area (Å²) in [4.78, 5) is 7.71. The Bertz CT molecular complexity index is 549. The summed E-state index contributed by atoms with van der Waals surface area (Å²) in [6, 6.07) is 4.33. The van der Waals surface area contributed by atoms with Gasteiger partial charge in [0.15, 0.2) is 5.15 Å². The normalized spacial score (nSPS) is 10.9. The van der Waals surface area contributed by atoms with Crippen LogP contribution in [0, 0.1) is 20.8 Å². The van der Waals surface area contributed by atoms with Crippen molar-refractivity contribution in [1.29, 1.82) is 0 Å². The maximum atomic E-state index is 6.13. The third-order valence-corrected chi connectivity index (χ3v) is 3.31. The smallest absolute Gasteiger partial charge is 0.152 e. The second-order valence-electron chi connectivity index (χ2n) is 4.66. The number of aromatic nitrogens is 2. The lowest BCUT2D eigenvalue weighted by Crippen LogP contribution is -2.05. The van der Waals surface area contributed by atoms with E-state index in [0.29, 0.717) is 11.7 Å². The van der Waals surface area contributed by atoms with Crippen molar-refractivity contribution in [2.24, 2.45) is 0 Å². The van der Waals surface area contributed by atoms with E-state index >= 15 is 0 Å². The van der Waals surface area contributed by atoms with Crippen LogP contribution >= 0.6 is 11.6 Å². The first-order valence-corrected chi connectivity index (χ1v) is 6.38. The van der Waals surface area contributed by atoms with Crippen LogP contribution < -0.4 is 5.32 Å². The van der Waals surface area contributed by atoms with Crippen molar-refractivity contribution in [2.75, 3.05) is 7.05 Å². The van der Waals surface area contributed by atoms with E-state index in [0.717, 1.165) is 17.1 Å². The fourth-order valence-electron chi connectivity index (χ4n) is 2.35. The minimum atomic E-state index is 0.540. The molecule has 0 radical (unpaired) electrons. The van der Waals surface area contributed by atoms with Crippen LogP contribution in [-0.4, -0.2) is 17.0 Å². The molecule has 4 heteroatoms. The summed E-state index contributed by atoms with van der Waals surface area (Å²) in [5.41, 5.74) is 5.77. The molecule has 2 aromatic rings. The van der Waals surface area contributed by atoms with Crippen LogP contribution in [0.5, 0.6) is 0 Å². The number of aryl methyl sites for hydroxylation is 3. The lowest BCUT2D eigenvalue weighted by molar-refractivity contribution is 0.797. The van der Waals surface area contributed by atoms with E-state index in [1.807, 2.05) is 7.05 Å². The molecule has 0 aliphatic heterocycles. The molecule has 0 atom stereocenters. The van der Waals surface area contributed by atoms with E-state index in [9.17, 15) is 0 Å². The lowest BCUT2D eigenvalue weighted by atomic mass is 9.99. The molecule has 2 rings (SSSR count). The summed E-state index contributed by atoms with van der Waals surface area (Å²) in [7, 11) is 1.89. The highest BCUT2D eigenvalue weighted by molar-refractivity contribution is 6.30. The molecule has 96 valence electrons. The van der Waals surface area contributed by atoms with Gasteiger partial charge in [0.05, 0.1) is 5.69 Å². The number of hydrogen-bond acceptors (Lipinski definition) is 2. The van der Waals surface area contributed by atoms with Crippen molar-refractivity contribution < 1.29 is 0 Å². The van der Waals surface area contributed by atoms with E-state index < -0.39 is 0 Å². The zero-order chi connectivity index (χ0) is 13.3. The third-order valence-electron chi connectivity index (χ3n) is 3.00. The van der Waals surface area contributed by atoms with Gasteiger partial charge in [0.1, 0.15) is 5.82 Å². The van der Waals surface area contributed by atoms with Crippen molar-refractivity contribution in [2.45, 2.75) is 27.3 Å². The predicted octanol–water partition coefficient (Wildman–Crippen LogP) is 3.37. The van der Waals surface area contributed by atoms with Crippen LogP contribution in [0.2, 0.25) is 5.15 Å². The van der Waals surface area contributed by atoms with E-state index in [2.05, 4.69) is 48.2 Å². The molecular formula is C14H18ClN3. The summed E-state index contributed by atoms with van der Waals surface area (Å²) in [6.07, 6.45) is 0. The van der Waals surface area contributed by atoms with Gasteiger partial charge in [-0.1, -0.05) is 29.3 Å². The minimum Gasteiger partial charge on any atom is -0.339 e. The summed E-state index contributed by atoms with van der Waals surface area (Å²) >= 11 is 6.13. The van der Waals surface area contributed by atoms with Crippen LogP contribution in [0.1, 0.15) is 22.4 Å². The van der Waals surface area contributed by atoms with Gasteiger partial charge in [-0.25, -0.2) is 4.98 Å². The average molecular weight is 264 g/mol. The molecule has 3 nitrogen and oxygen atoms in total. The van der Waals surface area contributed by atoms with E-state index in [4.69, 9.17) is 11.6 Å². The van der Waals surface area contributed by atoms with Gasteiger partial charge in [0.25, 0.3) is 0 Å². The summed E-state index contributed by atoms with van der Waals surface area (Å²) in [6.45, 7) is 6.99. The Hall–Kier alpha value is -1.32. The Balaban J connectivity index is 2.52. The molecular weight excluding hydrogens is 246 g/mol. The Labute approximate surface area is 113 Å². The van der Waals surface area contributed by atoms with Crippen molar-refractivity contribution in [3.63, 3.8) is 0 Å². The standard InChI is InChI=1S/C14H18ClN3/c1-8-5-9(2)12(10(3)6-8)14-17-11(7-16-4)13(15)18-14/h5-6,16H,7H2,1-4H3,(H,17,18). The van der Waals surface area contributed by atoms with E-state index in [-0.39, 0.29) is 0 Å². The molecule has 0 bridgehead atoms. The Morgan fingerprint density at radius 3 is 2.39 bits per heavy atom. The first-order valence-electron chi connectivity index (χ1n) is 6.00. The van der Waals surface area contributed by atoms with Gasteiger partial charge in [-0.3, -0.25) is 0 Å². The number of halogens is 1. The first kappa shape index (κ1) is 13.1. The first-order chi connectivity index (χ1) is 8.52. The Kier molecular flexibility index (Phi) is 3.73. The fraction of sp³-hybridized carbons (Fsp3) is 0.357. The van der Waals surface area contributed by atoms with Crippen molar-refractivity contribution in [1.82, 2.24) is 15.3 Å². The molecule has 0 amide bonds. The molecule has 2 N–H and O–H groups in total. The molecule has 0 saturated heterocycles. The van der Waals surface area contributed by atoms with Crippen LogP contribution in [0.3, 0.4) is 0 Å². The number of H-pyrrole nitrogens is 1. The van der Waals surface area contributed by atoms with Crippen molar-refractivity contribution in [3.8, 4) is 11.4 Å². The second-order valence-corrected chi connectivity index (χ2v) is 5.02. The quantitative estimate of drug-likeness (QED) is 0.891. The highest BCUT2D eigenvalue weighted by Crippen LogP contribution is 2.28. The molecule has 0 aliphatic rings. The predicted molar refractivity (Wildman–Crippen MR) is 76.0 cm³/mol. The lowest BCUT2D eigenvalue weighted by Gasteiger charge is -2.08. The summed E-state index contributed by atoms with van der Waals surface area (Å²) in [5.74, 6) is 0.847. The second kappa shape index (κ2) is 5.12. The molecule has 1 heterocycles. The molecule has 18 heavy (non-hydrogen) atoms. The molecule has 1 aromatic heterocycles. The molecule has 0 spiro atoms. The number of nitrogens with zero attached hydrogens (tertiary/aromatic N) is 1. The molecule has 1 aromatic carbocycles. The number of nitrogens with one attached hydrogen (secondary N) is 2. The van der Waals surface area contributed by atoms with Crippen LogP contribution in [0.15, 0.2) is 12.1 Å². The Morgan fingerprint density at radius 2 is 1.83 bits per heavy atom. The largest absolute Gasteiger partial charge is 0.339 e. The van der Waals surface area contributed by atoms with Gasteiger partial charge in [-0.2, -0.15) is 0 Å². The molecule has 0 unspecified atom stereocenters. The maximum absolute atomic E-state index is 6.13. The van der Waals surface area contributed by atoms with Crippen LogP contribution in [0.4, 0.5) is 0 Å². The van der Waals surface area contributed by atoms with Gasteiger partial charge in [0.2, 0.25) is 0 Å². The highest BCUT2D eigenvalue weighted by Gasteiger charge is 2.13. The van der Waals surface area contributed by atoms with Crippen LogP contribution in [0.25, 0.3) is 11.4 Å². The zero-order valence-corrected chi connectivity index (χ0v) is 11.9. The average Bonchev–Trinajstić information content (AvgIpc) is 2.59. The highest BCUT2D eigenvalue weighted by atomic mass is 35.5. The molecule has 0 fully saturated rings. The van der Waals surface area contributed by atoms with E-state index in [1.54, 1.807) is 0 Å². The number of hydrogen-bond donors (Lipinski definition) is 2. The van der Waals surface area contributed by atoms with Gasteiger partial charge < -0.3 is 10.3 Å². The van der Waals surface area contributed by atoms with Crippen molar-refractivity contribution in [3.05, 3.63) is 39.7 Å². The zero-order valence-electron chi connectivity index (χ0n) is 11.2. The molecule has 0 aliphatic carbocycles. The SMILES string of the molecule is CNCc1[nH]c(-c2c(C)cc(C)cc2C)nc1Cl. The fourth-order valence-corrected chi connectivity index (χ4v) is 2.55. The van der Waals surface area contributed by atoms with E-state index in [1.165, 1.54) is 16.7 Å². The summed E-state index contributed by atoms with van der Waals surface area (Å²) < 4.78 is 0. The Morgan fingerprint density at radius 1 is 1.22 bits per heavy atom. The van der Waals surface area contributed by atoms with Gasteiger partial charge >= 0.3 is 0 Å². The number of rotatable bonds is 3.